The first-order valence-electron chi connectivity index (χ1n) is 5.17. The predicted octanol–water partition coefficient (Wildman–Crippen LogP) is 3.23. The molecule has 0 heterocycles. The van der Waals surface area contributed by atoms with Crippen LogP contribution in [-0.2, 0) is 10.2 Å². The number of hydrogen-bond donors (Lipinski definition) is 1. The second kappa shape index (κ2) is 3.74. The van der Waals surface area contributed by atoms with Crippen LogP contribution in [0.4, 0.5) is 4.39 Å². The third-order valence-electron chi connectivity index (χ3n) is 3.61. The Morgan fingerprint density at radius 2 is 2.31 bits per heavy atom. The van der Waals surface area contributed by atoms with Gasteiger partial charge in [-0.2, -0.15) is 0 Å². The molecular weight excluding hydrogens is 231 g/mol. The number of rotatable bonds is 2. The molecule has 1 aromatic rings. The van der Waals surface area contributed by atoms with Crippen LogP contribution in [0.1, 0.15) is 25.3 Å². The molecule has 0 amide bonds. The minimum Gasteiger partial charge on any atom is -0.481 e. The molecule has 0 aliphatic heterocycles. The van der Waals surface area contributed by atoms with E-state index in [1.807, 2.05) is 6.92 Å². The average molecular weight is 243 g/mol. The van der Waals surface area contributed by atoms with E-state index < -0.39 is 17.2 Å². The van der Waals surface area contributed by atoms with E-state index in [1.54, 1.807) is 0 Å². The monoisotopic (exact) mass is 242 g/mol. The summed E-state index contributed by atoms with van der Waals surface area (Å²) in [6, 6.07) is 3.92. The second-order valence-electron chi connectivity index (χ2n) is 4.34. The van der Waals surface area contributed by atoms with E-state index in [4.69, 9.17) is 11.6 Å². The molecule has 1 saturated carbocycles. The first-order valence-corrected chi connectivity index (χ1v) is 5.55. The van der Waals surface area contributed by atoms with Crippen LogP contribution in [0.3, 0.4) is 0 Å². The van der Waals surface area contributed by atoms with Crippen LogP contribution in [-0.4, -0.2) is 11.1 Å². The maximum absolute atomic E-state index is 12.9. The molecule has 0 saturated heterocycles. The molecule has 1 N–H and O–H groups in total. The molecular formula is C12H12ClFO2. The lowest BCUT2D eigenvalue weighted by Gasteiger charge is -2.45. The largest absolute Gasteiger partial charge is 0.481 e. The lowest BCUT2D eigenvalue weighted by Crippen LogP contribution is -2.49. The van der Waals surface area contributed by atoms with Crippen molar-refractivity contribution in [3.8, 4) is 0 Å². The fourth-order valence-corrected chi connectivity index (χ4v) is 2.74. The molecule has 1 aliphatic carbocycles. The van der Waals surface area contributed by atoms with Gasteiger partial charge in [-0.1, -0.05) is 24.6 Å². The summed E-state index contributed by atoms with van der Waals surface area (Å²) in [4.78, 5) is 11.4. The number of benzene rings is 1. The van der Waals surface area contributed by atoms with Crippen LogP contribution in [0.2, 0.25) is 5.02 Å². The Bertz CT molecular complexity index is 447. The minimum atomic E-state index is -0.926. The van der Waals surface area contributed by atoms with Crippen LogP contribution in [0, 0.1) is 11.7 Å². The first-order chi connectivity index (χ1) is 7.48. The third kappa shape index (κ3) is 1.42. The highest BCUT2D eigenvalue weighted by molar-refractivity contribution is 6.31. The number of halogens is 2. The highest BCUT2D eigenvalue weighted by Gasteiger charge is 2.52. The molecule has 16 heavy (non-hydrogen) atoms. The van der Waals surface area contributed by atoms with E-state index in [1.165, 1.54) is 18.2 Å². The Morgan fingerprint density at radius 3 is 2.69 bits per heavy atom. The summed E-state index contributed by atoms with van der Waals surface area (Å²) in [7, 11) is 0. The van der Waals surface area contributed by atoms with Crippen molar-refractivity contribution in [1.29, 1.82) is 0 Å². The van der Waals surface area contributed by atoms with Gasteiger partial charge in [-0.3, -0.25) is 4.79 Å². The summed E-state index contributed by atoms with van der Waals surface area (Å²) in [5.41, 5.74) is -0.396. The summed E-state index contributed by atoms with van der Waals surface area (Å²) >= 11 is 5.93. The molecule has 0 radical (unpaired) electrons. The molecule has 1 aromatic carbocycles. The molecule has 2 unspecified atom stereocenters. The lowest BCUT2D eigenvalue weighted by atomic mass is 9.57. The van der Waals surface area contributed by atoms with E-state index in [9.17, 15) is 14.3 Å². The molecule has 0 bridgehead atoms. The van der Waals surface area contributed by atoms with Gasteiger partial charge in [0, 0.05) is 5.02 Å². The van der Waals surface area contributed by atoms with Gasteiger partial charge >= 0.3 is 5.97 Å². The number of carbonyl (C=O) groups is 1. The van der Waals surface area contributed by atoms with Gasteiger partial charge in [-0.25, -0.2) is 4.39 Å². The van der Waals surface area contributed by atoms with Crippen LogP contribution in [0.15, 0.2) is 18.2 Å². The van der Waals surface area contributed by atoms with Gasteiger partial charge in [0.05, 0.1) is 5.41 Å². The molecule has 0 spiro atoms. The summed E-state index contributed by atoms with van der Waals surface area (Å²) in [6.45, 7) is 1.89. The van der Waals surface area contributed by atoms with Gasteiger partial charge in [0.1, 0.15) is 5.82 Å². The molecule has 4 heteroatoms. The maximum atomic E-state index is 12.9. The molecule has 0 aromatic heterocycles. The highest BCUT2D eigenvalue weighted by atomic mass is 35.5. The van der Waals surface area contributed by atoms with Crippen molar-refractivity contribution in [2.45, 2.75) is 25.2 Å². The van der Waals surface area contributed by atoms with E-state index in [2.05, 4.69) is 0 Å². The van der Waals surface area contributed by atoms with Gasteiger partial charge < -0.3 is 5.11 Å². The van der Waals surface area contributed by atoms with Crippen molar-refractivity contribution in [3.63, 3.8) is 0 Å². The van der Waals surface area contributed by atoms with Gasteiger partial charge in [-0.05, 0) is 36.5 Å². The molecule has 2 rings (SSSR count). The predicted molar refractivity (Wildman–Crippen MR) is 59.1 cm³/mol. The molecule has 2 atom stereocenters. The fourth-order valence-electron chi connectivity index (χ4n) is 2.41. The van der Waals surface area contributed by atoms with E-state index in [-0.39, 0.29) is 10.9 Å². The zero-order valence-electron chi connectivity index (χ0n) is 8.84. The normalized spacial score (nSPS) is 28.6. The van der Waals surface area contributed by atoms with Crippen molar-refractivity contribution in [2.75, 3.05) is 0 Å². The summed E-state index contributed by atoms with van der Waals surface area (Å²) in [6.07, 6.45) is 1.43. The second-order valence-corrected chi connectivity index (χ2v) is 4.75. The van der Waals surface area contributed by atoms with Gasteiger partial charge in [-0.15, -0.1) is 0 Å². The Kier molecular flexibility index (Phi) is 2.66. The summed E-state index contributed by atoms with van der Waals surface area (Å²) in [5.74, 6) is -1.28. The van der Waals surface area contributed by atoms with E-state index in [0.717, 1.165) is 6.42 Å². The smallest absolute Gasteiger partial charge is 0.314 e. The zero-order valence-corrected chi connectivity index (χ0v) is 9.59. The van der Waals surface area contributed by atoms with Crippen molar-refractivity contribution in [2.24, 2.45) is 5.92 Å². The Morgan fingerprint density at radius 1 is 1.62 bits per heavy atom. The van der Waals surface area contributed by atoms with E-state index in [0.29, 0.717) is 12.0 Å². The van der Waals surface area contributed by atoms with Crippen LogP contribution >= 0.6 is 11.6 Å². The maximum Gasteiger partial charge on any atom is 0.314 e. The van der Waals surface area contributed by atoms with Crippen LogP contribution in [0.5, 0.6) is 0 Å². The number of aliphatic carboxylic acids is 1. The van der Waals surface area contributed by atoms with Crippen molar-refractivity contribution in [1.82, 2.24) is 0 Å². The average Bonchev–Trinajstić information content (AvgIpc) is 2.19. The number of hydrogen-bond acceptors (Lipinski definition) is 1. The minimum absolute atomic E-state index is 0.0351. The zero-order chi connectivity index (χ0) is 11.9. The summed E-state index contributed by atoms with van der Waals surface area (Å²) < 4.78 is 12.9. The lowest BCUT2D eigenvalue weighted by molar-refractivity contribution is -0.151. The van der Waals surface area contributed by atoms with Crippen molar-refractivity contribution >= 4 is 17.6 Å². The Labute approximate surface area is 98.0 Å². The van der Waals surface area contributed by atoms with Gasteiger partial charge in [0.15, 0.2) is 0 Å². The molecule has 1 fully saturated rings. The number of carboxylic acid groups (broad SMARTS) is 1. The molecule has 2 nitrogen and oxygen atoms in total. The molecule has 1 aliphatic rings. The fraction of sp³-hybridized carbons (Fsp3) is 0.417. The number of carboxylic acids is 1. The topological polar surface area (TPSA) is 37.3 Å². The van der Waals surface area contributed by atoms with Crippen LogP contribution < -0.4 is 0 Å². The first kappa shape index (κ1) is 11.4. The van der Waals surface area contributed by atoms with Gasteiger partial charge in [0.25, 0.3) is 0 Å². The quantitative estimate of drug-likeness (QED) is 0.865. The SMILES string of the molecule is CC1CCC1(C(=O)O)c1ccc(F)cc1Cl. The standard InChI is InChI=1S/C12H12ClFO2/c1-7-4-5-12(7,11(15)16)9-3-2-8(14)6-10(9)13/h2-3,6-7H,4-5H2,1H3,(H,15,16). The van der Waals surface area contributed by atoms with E-state index >= 15 is 0 Å². The van der Waals surface area contributed by atoms with Gasteiger partial charge in [0.2, 0.25) is 0 Å². The highest BCUT2D eigenvalue weighted by Crippen LogP contribution is 2.50. The Hall–Kier alpha value is -1.09. The van der Waals surface area contributed by atoms with Crippen molar-refractivity contribution in [3.05, 3.63) is 34.6 Å². The van der Waals surface area contributed by atoms with Crippen LogP contribution in [0.25, 0.3) is 0 Å². The van der Waals surface area contributed by atoms with Crippen molar-refractivity contribution < 1.29 is 14.3 Å². The third-order valence-corrected chi connectivity index (χ3v) is 3.92. The molecule has 86 valence electrons. The Balaban J connectivity index is 2.53. The summed E-state index contributed by atoms with van der Waals surface area (Å²) in [5, 5.41) is 9.55.